The monoisotopic (exact) mass is 193 g/mol. The van der Waals surface area contributed by atoms with Crippen molar-refractivity contribution < 1.29 is 4.79 Å². The highest BCUT2D eigenvalue weighted by Crippen LogP contribution is 2.19. The molecule has 2 rings (SSSR count). The lowest BCUT2D eigenvalue weighted by molar-refractivity contribution is 0.0925. The molecule has 1 aliphatic heterocycles. The molecule has 1 atom stereocenters. The third kappa shape index (κ3) is 1.35. The van der Waals surface area contributed by atoms with E-state index in [-0.39, 0.29) is 11.8 Å². The van der Waals surface area contributed by atoms with Crippen LogP contribution in [-0.2, 0) is 6.54 Å². The summed E-state index contributed by atoms with van der Waals surface area (Å²) in [6.45, 7) is 4.90. The number of fused-ring (bicyclic) bond motifs is 1. The van der Waals surface area contributed by atoms with Gasteiger partial charge in [-0.1, -0.05) is 13.8 Å². The fourth-order valence-corrected chi connectivity index (χ4v) is 1.67. The van der Waals surface area contributed by atoms with Gasteiger partial charge in [-0.3, -0.25) is 9.48 Å². The lowest BCUT2D eigenvalue weighted by Gasteiger charge is -2.17. The summed E-state index contributed by atoms with van der Waals surface area (Å²) in [4.78, 5) is 11.7. The van der Waals surface area contributed by atoms with E-state index in [0.29, 0.717) is 18.0 Å². The number of nitrogens with zero attached hydrogens (tertiary/aromatic N) is 2. The van der Waals surface area contributed by atoms with Crippen LogP contribution in [0.4, 0.5) is 0 Å². The van der Waals surface area contributed by atoms with E-state index < -0.39 is 0 Å². The Bertz CT molecular complexity index is 367. The smallest absolute Gasteiger partial charge is 0.197 e. The van der Waals surface area contributed by atoms with Crippen molar-refractivity contribution in [2.75, 3.05) is 0 Å². The van der Waals surface area contributed by atoms with Crippen molar-refractivity contribution in [3.63, 3.8) is 0 Å². The Balaban J connectivity index is 2.41. The van der Waals surface area contributed by atoms with Gasteiger partial charge in [0.25, 0.3) is 0 Å². The molecule has 0 fully saturated rings. The number of carbonyl (C=O) groups excluding carboxylic acids is 1. The van der Waals surface area contributed by atoms with E-state index >= 15 is 0 Å². The number of aryl methyl sites for hydroxylation is 1. The van der Waals surface area contributed by atoms with E-state index in [9.17, 15) is 4.79 Å². The number of aromatic nitrogens is 2. The average Bonchev–Trinajstić information content (AvgIpc) is 2.56. The van der Waals surface area contributed by atoms with Crippen LogP contribution in [0.5, 0.6) is 0 Å². The molecule has 0 aromatic carbocycles. The number of rotatable bonds is 1. The van der Waals surface area contributed by atoms with E-state index in [1.165, 1.54) is 0 Å². The van der Waals surface area contributed by atoms with E-state index in [1.54, 1.807) is 4.68 Å². The highest BCUT2D eigenvalue weighted by atomic mass is 16.1. The molecule has 76 valence electrons. The molecule has 0 spiro atoms. The number of ketones is 1. The lowest BCUT2D eigenvalue weighted by Crippen LogP contribution is -2.37. The molecule has 0 amide bonds. The van der Waals surface area contributed by atoms with Gasteiger partial charge < -0.3 is 5.73 Å². The van der Waals surface area contributed by atoms with Crippen molar-refractivity contribution in [1.29, 1.82) is 0 Å². The van der Waals surface area contributed by atoms with Gasteiger partial charge in [-0.2, -0.15) is 5.10 Å². The Morgan fingerprint density at radius 1 is 1.64 bits per heavy atom. The maximum Gasteiger partial charge on any atom is 0.197 e. The first-order valence-electron chi connectivity index (χ1n) is 4.97. The standard InChI is InChI=1S/C10H15N3O/c1-6(2)8-5-9-10(14)7(11)3-4-13(9)12-8/h5-7H,3-4,11H2,1-2H3. The van der Waals surface area contributed by atoms with Crippen LogP contribution >= 0.6 is 0 Å². The van der Waals surface area contributed by atoms with Crippen molar-refractivity contribution >= 4 is 5.78 Å². The summed E-state index contributed by atoms with van der Waals surface area (Å²) in [7, 11) is 0. The Morgan fingerprint density at radius 3 is 3.00 bits per heavy atom. The van der Waals surface area contributed by atoms with Crippen molar-refractivity contribution in [2.24, 2.45) is 5.73 Å². The SMILES string of the molecule is CC(C)c1cc2n(n1)CCC(N)C2=O. The molecule has 0 saturated heterocycles. The number of carbonyl (C=O) groups is 1. The molecular weight excluding hydrogens is 178 g/mol. The zero-order valence-corrected chi connectivity index (χ0v) is 8.53. The van der Waals surface area contributed by atoms with Gasteiger partial charge in [-0.05, 0) is 18.4 Å². The minimum absolute atomic E-state index is 0.0238. The number of hydrogen-bond acceptors (Lipinski definition) is 3. The summed E-state index contributed by atoms with van der Waals surface area (Å²) in [6.07, 6.45) is 0.699. The molecular formula is C10H15N3O. The van der Waals surface area contributed by atoms with Gasteiger partial charge in [-0.25, -0.2) is 0 Å². The van der Waals surface area contributed by atoms with Crippen LogP contribution in [0.1, 0.15) is 42.4 Å². The average molecular weight is 193 g/mol. The second kappa shape index (κ2) is 3.20. The van der Waals surface area contributed by atoms with Gasteiger partial charge in [0.2, 0.25) is 0 Å². The largest absolute Gasteiger partial charge is 0.321 e. The highest BCUT2D eigenvalue weighted by Gasteiger charge is 2.26. The van der Waals surface area contributed by atoms with Crippen LogP contribution in [-0.4, -0.2) is 21.6 Å². The molecule has 1 aromatic heterocycles. The number of Topliss-reactive ketones (excluding diaryl/α,β-unsaturated/α-hetero) is 1. The summed E-state index contributed by atoms with van der Waals surface area (Å²) in [5.41, 5.74) is 7.34. The van der Waals surface area contributed by atoms with Crippen LogP contribution in [0, 0.1) is 0 Å². The second-order valence-corrected chi connectivity index (χ2v) is 4.09. The zero-order valence-electron chi connectivity index (χ0n) is 8.53. The fourth-order valence-electron chi connectivity index (χ4n) is 1.67. The Labute approximate surface area is 83.1 Å². The van der Waals surface area contributed by atoms with Crippen LogP contribution in [0.3, 0.4) is 0 Å². The van der Waals surface area contributed by atoms with Crippen LogP contribution in [0.2, 0.25) is 0 Å². The van der Waals surface area contributed by atoms with Gasteiger partial charge in [-0.15, -0.1) is 0 Å². The summed E-state index contributed by atoms with van der Waals surface area (Å²) < 4.78 is 1.78. The maximum absolute atomic E-state index is 11.7. The molecule has 14 heavy (non-hydrogen) atoms. The predicted molar refractivity (Wildman–Crippen MR) is 53.2 cm³/mol. The van der Waals surface area contributed by atoms with Crippen molar-refractivity contribution in [3.8, 4) is 0 Å². The predicted octanol–water partition coefficient (Wildman–Crippen LogP) is 0.920. The third-order valence-corrected chi connectivity index (χ3v) is 2.63. The normalized spacial score (nSPS) is 21.4. The first kappa shape index (κ1) is 9.40. The van der Waals surface area contributed by atoms with Gasteiger partial charge in [0.1, 0.15) is 5.69 Å². The maximum atomic E-state index is 11.7. The van der Waals surface area contributed by atoms with Gasteiger partial charge >= 0.3 is 0 Å². The summed E-state index contributed by atoms with van der Waals surface area (Å²) in [6, 6.07) is 1.53. The minimum Gasteiger partial charge on any atom is -0.321 e. The molecule has 4 heteroatoms. The molecule has 4 nitrogen and oxygen atoms in total. The summed E-state index contributed by atoms with van der Waals surface area (Å²) >= 11 is 0. The Kier molecular flexibility index (Phi) is 2.15. The molecule has 2 heterocycles. The van der Waals surface area contributed by atoms with Crippen molar-refractivity contribution in [2.45, 2.75) is 38.8 Å². The second-order valence-electron chi connectivity index (χ2n) is 4.09. The minimum atomic E-state index is -0.334. The van der Waals surface area contributed by atoms with Crippen molar-refractivity contribution in [3.05, 3.63) is 17.5 Å². The third-order valence-electron chi connectivity index (χ3n) is 2.63. The molecule has 2 N–H and O–H groups in total. The fraction of sp³-hybridized carbons (Fsp3) is 0.600. The van der Waals surface area contributed by atoms with E-state index in [2.05, 4.69) is 18.9 Å². The first-order valence-corrected chi connectivity index (χ1v) is 4.97. The molecule has 0 aliphatic carbocycles. The zero-order chi connectivity index (χ0) is 10.3. The summed E-state index contributed by atoms with van der Waals surface area (Å²) in [5.74, 6) is 0.382. The number of nitrogens with two attached hydrogens (primary N) is 1. The number of hydrogen-bond donors (Lipinski definition) is 1. The molecule has 1 aliphatic rings. The molecule has 0 radical (unpaired) electrons. The highest BCUT2D eigenvalue weighted by molar-refractivity contribution is 5.99. The molecule has 1 aromatic rings. The Hall–Kier alpha value is -1.16. The van der Waals surface area contributed by atoms with Gasteiger partial charge in [0.05, 0.1) is 11.7 Å². The quantitative estimate of drug-likeness (QED) is 0.721. The molecule has 0 bridgehead atoms. The van der Waals surface area contributed by atoms with E-state index in [4.69, 9.17) is 5.73 Å². The van der Waals surface area contributed by atoms with Gasteiger partial charge in [0.15, 0.2) is 5.78 Å². The lowest BCUT2D eigenvalue weighted by atomic mass is 10.0. The van der Waals surface area contributed by atoms with E-state index in [0.717, 1.165) is 12.2 Å². The first-order chi connectivity index (χ1) is 6.59. The van der Waals surface area contributed by atoms with E-state index in [1.807, 2.05) is 6.07 Å². The van der Waals surface area contributed by atoms with Crippen LogP contribution < -0.4 is 5.73 Å². The van der Waals surface area contributed by atoms with Crippen molar-refractivity contribution in [1.82, 2.24) is 9.78 Å². The molecule has 1 unspecified atom stereocenters. The Morgan fingerprint density at radius 2 is 2.36 bits per heavy atom. The molecule has 0 saturated carbocycles. The van der Waals surface area contributed by atoms with Crippen LogP contribution in [0.15, 0.2) is 6.07 Å². The van der Waals surface area contributed by atoms with Crippen LogP contribution in [0.25, 0.3) is 0 Å². The summed E-state index contributed by atoms with van der Waals surface area (Å²) in [5, 5.41) is 4.38. The van der Waals surface area contributed by atoms with Gasteiger partial charge in [0, 0.05) is 6.54 Å². The topological polar surface area (TPSA) is 60.9 Å².